The van der Waals surface area contributed by atoms with Gasteiger partial charge in [-0.15, -0.1) is 6.58 Å². The van der Waals surface area contributed by atoms with E-state index >= 15 is 0 Å². The minimum absolute atomic E-state index is 0.247. The number of benzene rings is 1. The molecular formula is C13H19O4P. The van der Waals surface area contributed by atoms with Crippen LogP contribution < -0.4 is 4.52 Å². The van der Waals surface area contributed by atoms with E-state index in [-0.39, 0.29) is 12.7 Å². The highest BCUT2D eigenvalue weighted by molar-refractivity contribution is 7.48. The molecule has 0 saturated heterocycles. The number of rotatable bonds is 8. The van der Waals surface area contributed by atoms with Crippen LogP contribution in [0.3, 0.4) is 0 Å². The van der Waals surface area contributed by atoms with Gasteiger partial charge in [-0.3, -0.25) is 9.05 Å². The van der Waals surface area contributed by atoms with Crippen molar-refractivity contribution in [3.8, 4) is 5.75 Å². The van der Waals surface area contributed by atoms with Gasteiger partial charge >= 0.3 is 7.82 Å². The molecule has 0 amide bonds. The second kappa shape index (κ2) is 7.37. The van der Waals surface area contributed by atoms with Crippen LogP contribution in [0.1, 0.15) is 20.3 Å². The molecule has 4 nitrogen and oxygen atoms in total. The van der Waals surface area contributed by atoms with Crippen molar-refractivity contribution in [3.05, 3.63) is 43.0 Å². The van der Waals surface area contributed by atoms with Crippen LogP contribution in [0.4, 0.5) is 0 Å². The van der Waals surface area contributed by atoms with Gasteiger partial charge in [0, 0.05) is 0 Å². The Morgan fingerprint density at radius 2 is 2.00 bits per heavy atom. The Morgan fingerprint density at radius 3 is 2.56 bits per heavy atom. The molecule has 0 radical (unpaired) electrons. The van der Waals surface area contributed by atoms with Crippen molar-refractivity contribution in [2.75, 3.05) is 6.61 Å². The Hall–Kier alpha value is -1.09. The maximum Gasteiger partial charge on any atom is 0.530 e. The number of hydrogen-bond acceptors (Lipinski definition) is 4. The molecular weight excluding hydrogens is 251 g/mol. The van der Waals surface area contributed by atoms with Crippen molar-refractivity contribution < 1.29 is 18.1 Å². The highest BCUT2D eigenvalue weighted by Gasteiger charge is 2.29. The summed E-state index contributed by atoms with van der Waals surface area (Å²) in [5, 5.41) is 0. The lowest BCUT2D eigenvalue weighted by Crippen LogP contribution is -2.08. The molecule has 1 atom stereocenters. The van der Waals surface area contributed by atoms with Gasteiger partial charge in [0.2, 0.25) is 0 Å². The van der Waals surface area contributed by atoms with Crippen LogP contribution in [0.2, 0.25) is 0 Å². The summed E-state index contributed by atoms with van der Waals surface area (Å²) in [6.45, 7) is 7.38. The fraction of sp³-hybridized carbons (Fsp3) is 0.385. The van der Waals surface area contributed by atoms with Crippen molar-refractivity contribution in [3.63, 3.8) is 0 Å². The van der Waals surface area contributed by atoms with Crippen LogP contribution in [0.5, 0.6) is 5.75 Å². The van der Waals surface area contributed by atoms with Crippen molar-refractivity contribution in [1.29, 1.82) is 0 Å². The third-order valence-electron chi connectivity index (χ3n) is 1.87. The molecule has 0 aliphatic carbocycles. The zero-order chi connectivity index (χ0) is 13.4. The molecule has 5 heteroatoms. The van der Waals surface area contributed by atoms with Gasteiger partial charge in [-0.1, -0.05) is 24.3 Å². The molecule has 0 aromatic heterocycles. The molecule has 1 aromatic carbocycles. The second-order valence-electron chi connectivity index (χ2n) is 3.92. The van der Waals surface area contributed by atoms with Crippen LogP contribution in [0.25, 0.3) is 0 Å². The van der Waals surface area contributed by atoms with Gasteiger partial charge < -0.3 is 4.52 Å². The molecule has 0 heterocycles. The van der Waals surface area contributed by atoms with E-state index in [1.807, 2.05) is 6.07 Å². The van der Waals surface area contributed by atoms with Gasteiger partial charge in [-0.05, 0) is 32.4 Å². The van der Waals surface area contributed by atoms with Gasteiger partial charge in [-0.2, -0.15) is 0 Å². The maximum absolute atomic E-state index is 12.4. The van der Waals surface area contributed by atoms with Crippen molar-refractivity contribution in [1.82, 2.24) is 0 Å². The molecule has 0 saturated carbocycles. The molecule has 0 aliphatic heterocycles. The molecule has 1 aromatic rings. The Bertz CT molecular complexity index is 403. The molecule has 1 rings (SSSR count). The Morgan fingerprint density at radius 1 is 1.33 bits per heavy atom. The summed E-state index contributed by atoms with van der Waals surface area (Å²) in [5.41, 5.74) is 0. The van der Waals surface area contributed by atoms with Gasteiger partial charge in [0.15, 0.2) is 0 Å². The van der Waals surface area contributed by atoms with Crippen LogP contribution in [-0.2, 0) is 13.6 Å². The number of para-hydroxylation sites is 1. The molecule has 0 bridgehead atoms. The Balaban J connectivity index is 2.70. The average Bonchev–Trinajstić information content (AvgIpc) is 2.29. The van der Waals surface area contributed by atoms with Crippen molar-refractivity contribution in [2.45, 2.75) is 26.4 Å². The van der Waals surface area contributed by atoms with Crippen LogP contribution in [-0.4, -0.2) is 12.7 Å². The lowest BCUT2D eigenvalue weighted by atomic mass is 10.3. The molecule has 0 N–H and O–H groups in total. The van der Waals surface area contributed by atoms with Crippen molar-refractivity contribution in [2.24, 2.45) is 0 Å². The van der Waals surface area contributed by atoms with E-state index in [1.54, 1.807) is 44.2 Å². The third-order valence-corrected chi connectivity index (χ3v) is 3.48. The van der Waals surface area contributed by atoms with Crippen LogP contribution in [0.15, 0.2) is 43.0 Å². The summed E-state index contributed by atoms with van der Waals surface area (Å²) in [5.74, 6) is 0.458. The first kappa shape index (κ1) is 15.0. The normalized spacial score (nSPS) is 14.2. The predicted molar refractivity (Wildman–Crippen MR) is 71.7 cm³/mol. The van der Waals surface area contributed by atoms with Gasteiger partial charge in [0.05, 0.1) is 12.7 Å². The fourth-order valence-corrected chi connectivity index (χ4v) is 2.58. The maximum atomic E-state index is 12.4. The van der Waals surface area contributed by atoms with Gasteiger partial charge in [0.25, 0.3) is 0 Å². The SMILES string of the molecule is C=CCCOP(=O)(Oc1ccccc1)OC(C)C. The first-order valence-corrected chi connectivity index (χ1v) is 7.30. The Labute approximate surface area is 108 Å². The fourth-order valence-electron chi connectivity index (χ4n) is 1.19. The number of hydrogen-bond donors (Lipinski definition) is 0. The lowest BCUT2D eigenvalue weighted by molar-refractivity contribution is 0.127. The molecule has 18 heavy (non-hydrogen) atoms. The second-order valence-corrected chi connectivity index (χ2v) is 5.46. The van der Waals surface area contributed by atoms with E-state index in [9.17, 15) is 4.57 Å². The number of phosphoric acid groups is 1. The zero-order valence-electron chi connectivity index (χ0n) is 10.7. The van der Waals surface area contributed by atoms with Crippen LogP contribution in [0, 0.1) is 0 Å². The van der Waals surface area contributed by atoms with Crippen LogP contribution >= 0.6 is 7.82 Å². The van der Waals surface area contributed by atoms with E-state index in [4.69, 9.17) is 13.6 Å². The molecule has 0 aliphatic rings. The monoisotopic (exact) mass is 270 g/mol. The Kier molecular flexibility index (Phi) is 6.13. The summed E-state index contributed by atoms with van der Waals surface area (Å²) in [6, 6.07) is 8.83. The predicted octanol–water partition coefficient (Wildman–Crippen LogP) is 4.19. The van der Waals surface area contributed by atoms with E-state index in [0.717, 1.165) is 0 Å². The third kappa shape index (κ3) is 5.50. The first-order chi connectivity index (χ1) is 8.56. The smallest absolute Gasteiger partial charge is 0.404 e. The van der Waals surface area contributed by atoms with Gasteiger partial charge in [-0.25, -0.2) is 4.57 Å². The standard InChI is InChI=1S/C13H19O4P/c1-4-5-11-15-18(14,16-12(2)3)17-13-9-7-6-8-10-13/h4,6-10,12H,1,5,11H2,2-3H3. The molecule has 0 fully saturated rings. The molecule has 0 spiro atoms. The molecule has 100 valence electrons. The summed E-state index contributed by atoms with van der Waals surface area (Å²) in [6.07, 6.45) is 2.02. The molecule has 1 unspecified atom stereocenters. The van der Waals surface area contributed by atoms with E-state index in [2.05, 4.69) is 6.58 Å². The van der Waals surface area contributed by atoms with E-state index in [0.29, 0.717) is 12.2 Å². The first-order valence-electron chi connectivity index (χ1n) is 5.84. The summed E-state index contributed by atoms with van der Waals surface area (Å²) < 4.78 is 28.2. The topological polar surface area (TPSA) is 44.8 Å². The summed E-state index contributed by atoms with van der Waals surface area (Å²) in [4.78, 5) is 0. The average molecular weight is 270 g/mol. The van der Waals surface area contributed by atoms with E-state index < -0.39 is 7.82 Å². The van der Waals surface area contributed by atoms with Crippen molar-refractivity contribution >= 4 is 7.82 Å². The summed E-state index contributed by atoms with van der Waals surface area (Å²) in [7, 11) is -3.57. The summed E-state index contributed by atoms with van der Waals surface area (Å²) >= 11 is 0. The highest BCUT2D eigenvalue weighted by Crippen LogP contribution is 2.50. The largest absolute Gasteiger partial charge is 0.530 e. The van der Waals surface area contributed by atoms with Gasteiger partial charge in [0.1, 0.15) is 5.75 Å². The van der Waals surface area contributed by atoms with E-state index in [1.165, 1.54) is 0 Å². The number of phosphoric ester groups is 1. The zero-order valence-corrected chi connectivity index (χ0v) is 11.6. The minimum Gasteiger partial charge on any atom is -0.404 e. The quantitative estimate of drug-likeness (QED) is 0.403. The highest BCUT2D eigenvalue weighted by atomic mass is 31.2. The minimum atomic E-state index is -3.57. The lowest BCUT2D eigenvalue weighted by Gasteiger charge is -2.20.